The second-order valence-electron chi connectivity index (χ2n) is 3.30. The molecule has 7 nitrogen and oxygen atoms in total. The fraction of sp³-hybridized carbons (Fsp3) is 0.100. The lowest BCUT2D eigenvalue weighted by Gasteiger charge is -1.98. The number of pyridine rings is 1. The van der Waals surface area contributed by atoms with Crippen molar-refractivity contribution < 1.29 is 19.8 Å². The van der Waals surface area contributed by atoms with Crippen molar-refractivity contribution >= 4 is 17.6 Å². The molecule has 2 N–H and O–H groups in total. The summed E-state index contributed by atoms with van der Waals surface area (Å²) in [5.41, 5.74) is 0.701. The third kappa shape index (κ3) is 2.69. The fourth-order valence-electron chi connectivity index (χ4n) is 1.26. The van der Waals surface area contributed by atoms with E-state index in [0.717, 1.165) is 0 Å². The molecule has 2 aromatic heterocycles. The molecule has 0 aliphatic carbocycles. The van der Waals surface area contributed by atoms with E-state index in [4.69, 9.17) is 21.4 Å². The summed E-state index contributed by atoms with van der Waals surface area (Å²) in [4.78, 5) is 14.9. The van der Waals surface area contributed by atoms with Crippen molar-refractivity contribution in [1.29, 1.82) is 0 Å². The Kier molecular flexibility index (Phi) is 3.33. The molecule has 0 radical (unpaired) electrons. The molecule has 18 heavy (non-hydrogen) atoms. The van der Waals surface area contributed by atoms with Crippen molar-refractivity contribution in [1.82, 2.24) is 14.9 Å². The molecule has 0 atom stereocenters. The van der Waals surface area contributed by atoms with Gasteiger partial charge in [-0.1, -0.05) is 21.5 Å². The maximum absolute atomic E-state index is 10.3. The van der Waals surface area contributed by atoms with Crippen LogP contribution in [0.5, 0.6) is 5.88 Å². The number of halogens is 1. The summed E-state index contributed by atoms with van der Waals surface area (Å²) in [5.74, 6) is -1.14. The maximum atomic E-state index is 10.3. The van der Waals surface area contributed by atoms with Crippen molar-refractivity contribution in [3.63, 3.8) is 0 Å². The number of hydrogen-bond donors (Lipinski definition) is 2. The lowest BCUT2D eigenvalue weighted by molar-refractivity contribution is -0.139. The van der Waals surface area contributed by atoms with Crippen LogP contribution in [0.4, 0.5) is 0 Å². The SMILES string of the molecule is O=C(O)COc1cc(-c2ccc(Cl)cn2)n(O)n1. The van der Waals surface area contributed by atoms with Crippen LogP contribution in [0, 0.1) is 0 Å². The lowest BCUT2D eigenvalue weighted by atomic mass is 10.3. The smallest absolute Gasteiger partial charge is 0.341 e. The second-order valence-corrected chi connectivity index (χ2v) is 3.74. The molecule has 0 saturated carbocycles. The Balaban J connectivity index is 2.23. The quantitative estimate of drug-likeness (QED) is 0.812. The van der Waals surface area contributed by atoms with Gasteiger partial charge in [-0.05, 0) is 12.1 Å². The molecule has 0 saturated heterocycles. The van der Waals surface area contributed by atoms with Gasteiger partial charge in [0.1, 0.15) is 5.69 Å². The average molecular weight is 270 g/mol. The maximum Gasteiger partial charge on any atom is 0.341 e. The summed E-state index contributed by atoms with van der Waals surface area (Å²) in [7, 11) is 0. The van der Waals surface area contributed by atoms with E-state index < -0.39 is 12.6 Å². The first-order chi connectivity index (χ1) is 8.56. The summed E-state index contributed by atoms with van der Waals surface area (Å²) in [6.45, 7) is -0.537. The number of nitrogens with zero attached hydrogens (tertiary/aromatic N) is 3. The second kappa shape index (κ2) is 4.92. The molecule has 2 rings (SSSR count). The zero-order valence-corrected chi connectivity index (χ0v) is 9.70. The topological polar surface area (TPSA) is 97.5 Å². The van der Waals surface area contributed by atoms with Gasteiger partial charge in [0, 0.05) is 12.3 Å². The van der Waals surface area contributed by atoms with Crippen molar-refractivity contribution in [3.05, 3.63) is 29.4 Å². The van der Waals surface area contributed by atoms with Crippen molar-refractivity contribution in [3.8, 4) is 17.3 Å². The molecule has 0 amide bonds. The number of carboxylic acid groups (broad SMARTS) is 1. The highest BCUT2D eigenvalue weighted by Crippen LogP contribution is 2.22. The molecule has 2 heterocycles. The van der Waals surface area contributed by atoms with Gasteiger partial charge in [-0.2, -0.15) is 0 Å². The first-order valence-corrected chi connectivity index (χ1v) is 5.20. The number of rotatable bonds is 4. The van der Waals surface area contributed by atoms with Crippen LogP contribution in [0.3, 0.4) is 0 Å². The summed E-state index contributed by atoms with van der Waals surface area (Å²) >= 11 is 5.69. The van der Waals surface area contributed by atoms with E-state index in [-0.39, 0.29) is 11.6 Å². The minimum Gasteiger partial charge on any atom is -0.479 e. The van der Waals surface area contributed by atoms with Crippen LogP contribution in [0.2, 0.25) is 5.02 Å². The monoisotopic (exact) mass is 269 g/mol. The molecule has 0 fully saturated rings. The number of carboxylic acids is 1. The van der Waals surface area contributed by atoms with Crippen LogP contribution >= 0.6 is 11.6 Å². The standard InChI is InChI=1S/C10H8ClN3O4/c11-6-1-2-7(12-4-6)8-3-9(13-14(8)17)18-5-10(15)16/h1-4,17H,5H2,(H,15,16). The van der Waals surface area contributed by atoms with Crippen molar-refractivity contribution in [2.24, 2.45) is 0 Å². The zero-order valence-electron chi connectivity index (χ0n) is 8.95. The van der Waals surface area contributed by atoms with E-state index in [9.17, 15) is 10.0 Å². The van der Waals surface area contributed by atoms with Gasteiger partial charge in [0.25, 0.3) is 0 Å². The summed E-state index contributed by atoms with van der Waals surface area (Å²) < 4.78 is 4.83. The Bertz CT molecular complexity index is 567. The Labute approximate surface area is 106 Å². The van der Waals surface area contributed by atoms with Crippen LogP contribution in [-0.2, 0) is 4.79 Å². The lowest BCUT2D eigenvalue weighted by Crippen LogP contribution is -2.09. The minimum absolute atomic E-state index is 0.00773. The zero-order chi connectivity index (χ0) is 13.1. The van der Waals surface area contributed by atoms with Gasteiger partial charge in [0.15, 0.2) is 6.61 Å². The molecule has 0 spiro atoms. The molecule has 0 aliphatic rings. The molecular weight excluding hydrogens is 262 g/mol. The van der Waals surface area contributed by atoms with Crippen molar-refractivity contribution in [2.75, 3.05) is 6.61 Å². The summed E-state index contributed by atoms with van der Waals surface area (Å²) in [6.07, 6.45) is 1.42. The fourth-order valence-corrected chi connectivity index (χ4v) is 1.37. The number of aromatic nitrogens is 3. The first kappa shape index (κ1) is 12.2. The van der Waals surface area contributed by atoms with E-state index in [0.29, 0.717) is 15.6 Å². The van der Waals surface area contributed by atoms with E-state index in [1.54, 1.807) is 12.1 Å². The third-order valence-corrected chi connectivity index (χ3v) is 2.23. The molecule has 0 unspecified atom stereocenters. The van der Waals surface area contributed by atoms with Gasteiger partial charge in [0.05, 0.1) is 10.7 Å². The van der Waals surface area contributed by atoms with E-state index >= 15 is 0 Å². The highest BCUT2D eigenvalue weighted by atomic mass is 35.5. The Morgan fingerprint density at radius 2 is 2.28 bits per heavy atom. The third-order valence-electron chi connectivity index (χ3n) is 2.00. The molecule has 0 aromatic carbocycles. The van der Waals surface area contributed by atoms with Gasteiger partial charge < -0.3 is 15.1 Å². The number of aliphatic carboxylic acids is 1. The van der Waals surface area contributed by atoms with Gasteiger partial charge >= 0.3 is 5.97 Å². The normalized spacial score (nSPS) is 10.3. The first-order valence-electron chi connectivity index (χ1n) is 4.82. The molecule has 8 heteroatoms. The van der Waals surface area contributed by atoms with Crippen LogP contribution in [0.15, 0.2) is 24.4 Å². The molecule has 0 bridgehead atoms. The minimum atomic E-state index is -1.13. The average Bonchev–Trinajstić information content (AvgIpc) is 2.69. The predicted octanol–water partition coefficient (Wildman–Crippen LogP) is 1.30. The molecule has 0 aliphatic heterocycles. The number of hydrogen-bond acceptors (Lipinski definition) is 5. The van der Waals surface area contributed by atoms with E-state index in [1.165, 1.54) is 12.3 Å². The predicted molar refractivity (Wildman–Crippen MR) is 60.8 cm³/mol. The Morgan fingerprint density at radius 3 is 2.89 bits per heavy atom. The summed E-state index contributed by atoms with van der Waals surface area (Å²) in [6, 6.07) is 4.57. The largest absolute Gasteiger partial charge is 0.479 e. The molecule has 2 aromatic rings. The number of ether oxygens (including phenoxy) is 1. The summed E-state index contributed by atoms with van der Waals surface area (Å²) in [5, 5.41) is 22.0. The Morgan fingerprint density at radius 1 is 1.50 bits per heavy atom. The number of carbonyl (C=O) groups is 1. The van der Waals surface area contributed by atoms with Gasteiger partial charge in [-0.25, -0.2) is 4.79 Å². The van der Waals surface area contributed by atoms with E-state index in [1.807, 2.05) is 0 Å². The Hall–Kier alpha value is -2.28. The molecule has 94 valence electrons. The van der Waals surface area contributed by atoms with Crippen LogP contribution in [0.25, 0.3) is 11.4 Å². The highest BCUT2D eigenvalue weighted by molar-refractivity contribution is 6.30. The molecular formula is C10H8ClN3O4. The van der Waals surface area contributed by atoms with Crippen LogP contribution < -0.4 is 4.74 Å². The highest BCUT2D eigenvalue weighted by Gasteiger charge is 2.12. The van der Waals surface area contributed by atoms with Crippen molar-refractivity contribution in [2.45, 2.75) is 0 Å². The van der Waals surface area contributed by atoms with Gasteiger partial charge in [-0.15, -0.1) is 0 Å². The van der Waals surface area contributed by atoms with Gasteiger partial charge in [0.2, 0.25) is 5.88 Å². The van der Waals surface area contributed by atoms with Crippen LogP contribution in [-0.4, -0.2) is 37.8 Å². The van der Waals surface area contributed by atoms with Gasteiger partial charge in [-0.3, -0.25) is 4.98 Å². The van der Waals surface area contributed by atoms with Crippen LogP contribution in [0.1, 0.15) is 0 Å². The van der Waals surface area contributed by atoms with E-state index in [2.05, 4.69) is 10.1 Å².